The van der Waals surface area contributed by atoms with Gasteiger partial charge < -0.3 is 9.47 Å². The molecule has 0 saturated heterocycles. The SMILES string of the molecule is CCOC(=O)C1N=COC1c1ccncc1. The fraction of sp³-hybridized carbons (Fsp3) is 0.364. The van der Waals surface area contributed by atoms with E-state index < -0.39 is 12.1 Å². The van der Waals surface area contributed by atoms with E-state index >= 15 is 0 Å². The lowest BCUT2D eigenvalue weighted by Gasteiger charge is -2.15. The van der Waals surface area contributed by atoms with Crippen LogP contribution in [0.3, 0.4) is 0 Å². The number of aromatic nitrogens is 1. The predicted molar refractivity (Wildman–Crippen MR) is 57.0 cm³/mol. The topological polar surface area (TPSA) is 60.8 Å². The van der Waals surface area contributed by atoms with Crippen molar-refractivity contribution in [2.24, 2.45) is 4.99 Å². The third kappa shape index (κ3) is 2.03. The fourth-order valence-corrected chi connectivity index (χ4v) is 1.54. The van der Waals surface area contributed by atoms with Crippen molar-refractivity contribution in [3.8, 4) is 0 Å². The van der Waals surface area contributed by atoms with Gasteiger partial charge in [-0.3, -0.25) is 4.98 Å². The molecule has 0 radical (unpaired) electrons. The monoisotopic (exact) mass is 220 g/mol. The fourth-order valence-electron chi connectivity index (χ4n) is 1.54. The predicted octanol–water partition coefficient (Wildman–Crippen LogP) is 1.11. The quantitative estimate of drug-likeness (QED) is 0.716. The molecular weight excluding hydrogens is 208 g/mol. The van der Waals surface area contributed by atoms with Gasteiger partial charge in [-0.05, 0) is 24.6 Å². The number of nitrogens with zero attached hydrogens (tertiary/aromatic N) is 2. The van der Waals surface area contributed by atoms with Crippen molar-refractivity contribution in [1.82, 2.24) is 4.98 Å². The second-order valence-electron chi connectivity index (χ2n) is 3.29. The second-order valence-corrected chi connectivity index (χ2v) is 3.29. The molecule has 0 saturated carbocycles. The van der Waals surface area contributed by atoms with Gasteiger partial charge in [0.1, 0.15) is 0 Å². The number of esters is 1. The van der Waals surface area contributed by atoms with Crippen LogP contribution in [0.5, 0.6) is 0 Å². The van der Waals surface area contributed by atoms with Crippen molar-refractivity contribution in [2.45, 2.75) is 19.1 Å². The van der Waals surface area contributed by atoms with Crippen LogP contribution < -0.4 is 0 Å². The van der Waals surface area contributed by atoms with Gasteiger partial charge in [0, 0.05) is 12.4 Å². The summed E-state index contributed by atoms with van der Waals surface area (Å²) >= 11 is 0. The van der Waals surface area contributed by atoms with Crippen molar-refractivity contribution in [3.05, 3.63) is 30.1 Å². The maximum absolute atomic E-state index is 11.6. The first kappa shape index (κ1) is 10.6. The molecule has 1 aliphatic heterocycles. The summed E-state index contributed by atoms with van der Waals surface area (Å²) in [6.45, 7) is 2.10. The Morgan fingerprint density at radius 2 is 2.25 bits per heavy atom. The van der Waals surface area contributed by atoms with E-state index in [0.717, 1.165) is 5.56 Å². The molecule has 0 spiro atoms. The maximum Gasteiger partial charge on any atom is 0.335 e. The number of carbonyl (C=O) groups is 1. The molecule has 0 N–H and O–H groups in total. The van der Waals surface area contributed by atoms with Gasteiger partial charge >= 0.3 is 5.97 Å². The zero-order chi connectivity index (χ0) is 11.4. The Morgan fingerprint density at radius 1 is 1.50 bits per heavy atom. The Labute approximate surface area is 93.1 Å². The van der Waals surface area contributed by atoms with E-state index in [9.17, 15) is 4.79 Å². The Hall–Kier alpha value is -1.91. The number of hydrogen-bond donors (Lipinski definition) is 0. The molecule has 1 aromatic rings. The number of hydrogen-bond acceptors (Lipinski definition) is 5. The largest absolute Gasteiger partial charge is 0.473 e. The van der Waals surface area contributed by atoms with E-state index in [4.69, 9.17) is 9.47 Å². The first-order valence-corrected chi connectivity index (χ1v) is 5.06. The normalized spacial score (nSPS) is 22.8. The average Bonchev–Trinajstić information content (AvgIpc) is 2.79. The lowest BCUT2D eigenvalue weighted by atomic mass is 10.0. The highest BCUT2D eigenvalue weighted by Gasteiger charge is 2.34. The molecule has 0 bridgehead atoms. The second kappa shape index (κ2) is 4.74. The number of rotatable bonds is 3. The van der Waals surface area contributed by atoms with Crippen LogP contribution in [0.15, 0.2) is 29.5 Å². The number of pyridine rings is 1. The lowest BCUT2D eigenvalue weighted by Crippen LogP contribution is -2.26. The highest BCUT2D eigenvalue weighted by molar-refractivity contribution is 5.80. The third-order valence-corrected chi connectivity index (χ3v) is 2.28. The molecule has 16 heavy (non-hydrogen) atoms. The molecule has 84 valence electrons. The summed E-state index contributed by atoms with van der Waals surface area (Å²) in [4.78, 5) is 19.5. The van der Waals surface area contributed by atoms with Gasteiger partial charge in [0.25, 0.3) is 0 Å². The molecule has 0 fully saturated rings. The highest BCUT2D eigenvalue weighted by atomic mass is 16.5. The molecule has 1 aliphatic rings. The van der Waals surface area contributed by atoms with Crippen LogP contribution in [-0.2, 0) is 14.3 Å². The Kier molecular flexibility index (Phi) is 3.14. The third-order valence-electron chi connectivity index (χ3n) is 2.28. The van der Waals surface area contributed by atoms with Crippen LogP contribution in [0.25, 0.3) is 0 Å². The minimum atomic E-state index is -0.609. The summed E-state index contributed by atoms with van der Waals surface area (Å²) in [6, 6.07) is 2.99. The van der Waals surface area contributed by atoms with E-state index in [0.29, 0.717) is 6.61 Å². The molecule has 0 amide bonds. The van der Waals surface area contributed by atoms with Crippen LogP contribution >= 0.6 is 0 Å². The van der Waals surface area contributed by atoms with E-state index in [1.807, 2.05) is 0 Å². The molecule has 5 nitrogen and oxygen atoms in total. The van der Waals surface area contributed by atoms with Crippen LogP contribution in [0.2, 0.25) is 0 Å². The van der Waals surface area contributed by atoms with Crippen LogP contribution in [0.4, 0.5) is 0 Å². The number of ether oxygens (including phenoxy) is 2. The minimum Gasteiger partial charge on any atom is -0.473 e. The van der Waals surface area contributed by atoms with Crippen LogP contribution in [0.1, 0.15) is 18.6 Å². The standard InChI is InChI=1S/C11H12N2O3/c1-2-15-11(14)9-10(16-7-13-9)8-3-5-12-6-4-8/h3-7,9-10H,2H2,1H3. The van der Waals surface area contributed by atoms with E-state index in [1.165, 1.54) is 6.40 Å². The molecule has 2 rings (SSSR count). The summed E-state index contributed by atoms with van der Waals surface area (Å²) < 4.78 is 10.2. The van der Waals surface area contributed by atoms with Gasteiger partial charge in [0.05, 0.1) is 6.61 Å². The summed E-state index contributed by atoms with van der Waals surface area (Å²) in [5.74, 6) is -0.363. The van der Waals surface area contributed by atoms with Crippen molar-refractivity contribution in [2.75, 3.05) is 6.61 Å². The molecule has 0 aromatic carbocycles. The smallest absolute Gasteiger partial charge is 0.335 e. The van der Waals surface area contributed by atoms with Gasteiger partial charge in [-0.15, -0.1) is 0 Å². The summed E-state index contributed by atoms with van der Waals surface area (Å²) in [6.07, 6.45) is 4.20. The lowest BCUT2D eigenvalue weighted by molar-refractivity contribution is -0.146. The molecular formula is C11H12N2O3. The first-order chi connectivity index (χ1) is 7.83. The van der Waals surface area contributed by atoms with Crippen molar-refractivity contribution < 1.29 is 14.3 Å². The molecule has 2 atom stereocenters. The van der Waals surface area contributed by atoms with Crippen molar-refractivity contribution in [1.29, 1.82) is 0 Å². The van der Waals surface area contributed by atoms with E-state index in [1.54, 1.807) is 31.5 Å². The maximum atomic E-state index is 11.6. The highest BCUT2D eigenvalue weighted by Crippen LogP contribution is 2.27. The van der Waals surface area contributed by atoms with Gasteiger partial charge in [-0.2, -0.15) is 0 Å². The number of carbonyl (C=O) groups excluding carboxylic acids is 1. The van der Waals surface area contributed by atoms with Gasteiger partial charge in [-0.1, -0.05) is 0 Å². The van der Waals surface area contributed by atoms with E-state index in [-0.39, 0.29) is 5.97 Å². The summed E-state index contributed by atoms with van der Waals surface area (Å²) in [5.41, 5.74) is 0.866. The Bertz CT molecular complexity index is 391. The summed E-state index contributed by atoms with van der Waals surface area (Å²) in [5, 5.41) is 0. The average molecular weight is 220 g/mol. The number of aliphatic imine (C=N–C) groups is 1. The van der Waals surface area contributed by atoms with Gasteiger partial charge in [0.2, 0.25) is 0 Å². The Balaban J connectivity index is 2.14. The van der Waals surface area contributed by atoms with Crippen molar-refractivity contribution >= 4 is 12.4 Å². The summed E-state index contributed by atoms with van der Waals surface area (Å²) in [7, 11) is 0. The van der Waals surface area contributed by atoms with Crippen LogP contribution in [-0.4, -0.2) is 30.0 Å². The molecule has 5 heteroatoms. The minimum absolute atomic E-state index is 0.341. The van der Waals surface area contributed by atoms with Gasteiger partial charge in [-0.25, -0.2) is 9.79 Å². The zero-order valence-electron chi connectivity index (χ0n) is 8.87. The van der Waals surface area contributed by atoms with Crippen molar-refractivity contribution in [3.63, 3.8) is 0 Å². The zero-order valence-corrected chi connectivity index (χ0v) is 8.87. The van der Waals surface area contributed by atoms with Gasteiger partial charge in [0.15, 0.2) is 18.5 Å². The molecule has 2 unspecified atom stereocenters. The Morgan fingerprint density at radius 3 is 2.94 bits per heavy atom. The molecule has 0 aliphatic carbocycles. The van der Waals surface area contributed by atoms with E-state index in [2.05, 4.69) is 9.98 Å². The first-order valence-electron chi connectivity index (χ1n) is 5.06. The molecule has 2 heterocycles. The molecule has 1 aromatic heterocycles. The van der Waals surface area contributed by atoms with Crippen LogP contribution in [0, 0.1) is 0 Å².